The lowest BCUT2D eigenvalue weighted by Crippen LogP contribution is -2.12. The minimum atomic E-state index is -4.72. The number of nitrogens with zero attached hydrogens (tertiary/aromatic N) is 1. The number of methoxy groups -OCH3 is 1. The summed E-state index contributed by atoms with van der Waals surface area (Å²) in [5.74, 6) is -0.0755. The summed E-state index contributed by atoms with van der Waals surface area (Å²) in [7, 11) is 1.35. The first-order chi connectivity index (χ1) is 12.2. The van der Waals surface area contributed by atoms with Crippen LogP contribution in [0, 0.1) is 10.1 Å². The molecule has 0 heterocycles. The molecule has 0 amide bonds. The smallest absolute Gasteiger partial charge is 0.416 e. The van der Waals surface area contributed by atoms with Crippen LogP contribution in [0.3, 0.4) is 0 Å². The van der Waals surface area contributed by atoms with E-state index in [-0.39, 0.29) is 28.4 Å². The fraction of sp³-hybridized carbons (Fsp3) is 0.200. The second-order valence-corrected chi connectivity index (χ2v) is 5.08. The van der Waals surface area contributed by atoms with Gasteiger partial charge in [0.15, 0.2) is 0 Å². The quantitative estimate of drug-likeness (QED) is 0.349. The molecule has 0 radical (unpaired) electrons. The Balaban J connectivity index is 2.34. The molecule has 2 aromatic rings. The van der Waals surface area contributed by atoms with E-state index in [1.54, 1.807) is 0 Å². The van der Waals surface area contributed by atoms with Crippen molar-refractivity contribution < 1.29 is 33.0 Å². The van der Waals surface area contributed by atoms with Gasteiger partial charge in [0.1, 0.15) is 17.2 Å². The average Bonchev–Trinajstić information content (AvgIpc) is 2.59. The predicted molar refractivity (Wildman–Crippen MR) is 85.9 cm³/mol. The van der Waals surface area contributed by atoms with Gasteiger partial charge < -0.3 is 14.9 Å². The number of nitrogens with one attached hydrogen (secondary N) is 2. The van der Waals surface area contributed by atoms with Crippen molar-refractivity contribution >= 4 is 17.1 Å². The molecule has 4 N–H and O–H groups in total. The Hall–Kier alpha value is -3.21. The van der Waals surface area contributed by atoms with Crippen LogP contribution in [0.5, 0.6) is 11.5 Å². The Bertz CT molecular complexity index is 827. The third-order valence-corrected chi connectivity index (χ3v) is 3.42. The number of hydrazine groups is 1. The lowest BCUT2D eigenvalue weighted by atomic mass is 10.1. The number of alkyl halides is 3. The molecule has 0 atom stereocenters. The zero-order valence-electron chi connectivity index (χ0n) is 13.3. The average molecular weight is 373 g/mol. The molecule has 0 bridgehead atoms. The molecule has 0 saturated heterocycles. The summed E-state index contributed by atoms with van der Waals surface area (Å²) in [6.07, 6.45) is -4.72. The van der Waals surface area contributed by atoms with Crippen LogP contribution in [0.1, 0.15) is 11.1 Å². The number of benzene rings is 2. The molecule has 0 spiro atoms. The largest absolute Gasteiger partial charge is 0.505 e. The highest BCUT2D eigenvalue weighted by molar-refractivity contribution is 5.69. The summed E-state index contributed by atoms with van der Waals surface area (Å²) in [4.78, 5) is 10.1. The molecule has 8 nitrogen and oxygen atoms in total. The van der Waals surface area contributed by atoms with E-state index in [9.17, 15) is 33.5 Å². The molecule has 0 unspecified atom stereocenters. The summed E-state index contributed by atoms with van der Waals surface area (Å²) >= 11 is 0. The molecule has 0 fully saturated rings. The fourth-order valence-corrected chi connectivity index (χ4v) is 2.10. The molecular weight excluding hydrogens is 359 g/mol. The van der Waals surface area contributed by atoms with Gasteiger partial charge in [-0.15, -0.1) is 0 Å². The first-order valence-corrected chi connectivity index (χ1v) is 7.05. The third kappa shape index (κ3) is 4.06. The Kier molecular flexibility index (Phi) is 5.41. The molecule has 0 aliphatic carbocycles. The number of phenols is 1. The summed E-state index contributed by atoms with van der Waals surface area (Å²) in [5.41, 5.74) is 2.73. The lowest BCUT2D eigenvalue weighted by Gasteiger charge is -2.15. The molecule has 0 aliphatic rings. The van der Waals surface area contributed by atoms with E-state index in [0.717, 1.165) is 6.07 Å². The molecule has 140 valence electrons. The first-order valence-electron chi connectivity index (χ1n) is 7.05. The van der Waals surface area contributed by atoms with Gasteiger partial charge in [0, 0.05) is 17.7 Å². The van der Waals surface area contributed by atoms with Gasteiger partial charge in [0.05, 0.1) is 29.9 Å². The van der Waals surface area contributed by atoms with Crippen molar-refractivity contribution in [3.63, 3.8) is 0 Å². The van der Waals surface area contributed by atoms with Crippen LogP contribution < -0.4 is 15.6 Å². The molecule has 0 aliphatic heterocycles. The molecule has 2 aromatic carbocycles. The number of rotatable bonds is 6. The second kappa shape index (κ2) is 7.35. The minimum Gasteiger partial charge on any atom is -0.505 e. The molecule has 11 heteroatoms. The van der Waals surface area contributed by atoms with Crippen LogP contribution in [0.15, 0.2) is 30.3 Å². The van der Waals surface area contributed by atoms with Gasteiger partial charge in [-0.05, 0) is 18.2 Å². The minimum absolute atomic E-state index is 0.00240. The molecule has 0 aromatic heterocycles. The van der Waals surface area contributed by atoms with Gasteiger partial charge in [0.2, 0.25) is 0 Å². The van der Waals surface area contributed by atoms with Gasteiger partial charge in [0.25, 0.3) is 5.69 Å². The summed E-state index contributed by atoms with van der Waals surface area (Å²) < 4.78 is 43.1. The number of nitro benzene ring substituents is 1. The monoisotopic (exact) mass is 373 g/mol. The van der Waals surface area contributed by atoms with Crippen molar-refractivity contribution in [1.82, 2.24) is 0 Å². The van der Waals surface area contributed by atoms with Crippen LogP contribution >= 0.6 is 0 Å². The zero-order chi connectivity index (χ0) is 19.5. The number of ether oxygens (including phenoxy) is 1. The van der Waals surface area contributed by atoms with Crippen molar-refractivity contribution in [2.45, 2.75) is 12.8 Å². The molecule has 2 rings (SSSR count). The molecule has 26 heavy (non-hydrogen) atoms. The summed E-state index contributed by atoms with van der Waals surface area (Å²) in [5, 5.41) is 30.3. The number of aliphatic hydroxyl groups is 1. The number of nitro groups is 1. The zero-order valence-corrected chi connectivity index (χ0v) is 13.3. The maximum Gasteiger partial charge on any atom is 0.416 e. The van der Waals surface area contributed by atoms with Gasteiger partial charge in [-0.3, -0.25) is 21.0 Å². The van der Waals surface area contributed by atoms with E-state index in [1.807, 2.05) is 0 Å². The van der Waals surface area contributed by atoms with Crippen LogP contribution in [0.2, 0.25) is 0 Å². The van der Waals surface area contributed by atoms with E-state index in [1.165, 1.54) is 19.2 Å². The van der Waals surface area contributed by atoms with E-state index in [2.05, 4.69) is 10.9 Å². The van der Waals surface area contributed by atoms with E-state index < -0.39 is 29.0 Å². The normalized spacial score (nSPS) is 11.1. The van der Waals surface area contributed by atoms with Crippen LogP contribution in [-0.2, 0) is 12.8 Å². The van der Waals surface area contributed by atoms with E-state index in [4.69, 9.17) is 4.74 Å². The number of anilines is 2. The van der Waals surface area contributed by atoms with Crippen molar-refractivity contribution in [1.29, 1.82) is 0 Å². The predicted octanol–water partition coefficient (Wildman–Crippen LogP) is 3.26. The van der Waals surface area contributed by atoms with Gasteiger partial charge in [-0.2, -0.15) is 13.2 Å². The van der Waals surface area contributed by atoms with Crippen LogP contribution in [0.25, 0.3) is 0 Å². The second-order valence-electron chi connectivity index (χ2n) is 5.08. The van der Waals surface area contributed by atoms with Crippen molar-refractivity contribution in [3.05, 3.63) is 51.6 Å². The van der Waals surface area contributed by atoms with Crippen LogP contribution in [0.4, 0.5) is 30.2 Å². The molecular formula is C15H14F3N3O5. The van der Waals surface area contributed by atoms with Crippen molar-refractivity contribution in [3.8, 4) is 11.5 Å². The Morgan fingerprint density at radius 3 is 2.38 bits per heavy atom. The van der Waals surface area contributed by atoms with E-state index >= 15 is 0 Å². The highest BCUT2D eigenvalue weighted by Crippen LogP contribution is 2.36. The highest BCUT2D eigenvalue weighted by Gasteiger charge is 2.33. The van der Waals surface area contributed by atoms with Crippen LogP contribution in [-0.4, -0.2) is 22.2 Å². The number of halogens is 3. The Labute approximate surface area is 145 Å². The number of hydrogen-bond donors (Lipinski definition) is 4. The maximum atomic E-state index is 12.7. The van der Waals surface area contributed by atoms with E-state index in [0.29, 0.717) is 12.1 Å². The molecule has 0 saturated carbocycles. The van der Waals surface area contributed by atoms with Gasteiger partial charge in [-0.25, -0.2) is 0 Å². The fourth-order valence-electron chi connectivity index (χ4n) is 2.10. The maximum absolute atomic E-state index is 12.7. The first kappa shape index (κ1) is 19.1. The standard InChI is InChI=1S/C15H14F3N3O5/c1-26-10-4-8(7-22)14(23)12(6-10)20-19-11-3-2-9(15(16,17)18)5-13(11)21(24)25/h2-6,19-20,22-23H,7H2,1H3. The topological polar surface area (TPSA) is 117 Å². The van der Waals surface area contributed by atoms with Gasteiger partial charge >= 0.3 is 6.18 Å². The third-order valence-electron chi connectivity index (χ3n) is 3.42. The number of hydrogen-bond acceptors (Lipinski definition) is 7. The van der Waals surface area contributed by atoms with Crippen molar-refractivity contribution in [2.75, 3.05) is 18.0 Å². The lowest BCUT2D eigenvalue weighted by molar-refractivity contribution is -0.384. The number of aromatic hydroxyl groups is 1. The Morgan fingerprint density at radius 1 is 1.19 bits per heavy atom. The number of aliphatic hydroxyl groups excluding tert-OH is 1. The van der Waals surface area contributed by atoms with Crippen molar-refractivity contribution in [2.24, 2.45) is 0 Å². The highest BCUT2D eigenvalue weighted by atomic mass is 19.4. The summed E-state index contributed by atoms with van der Waals surface area (Å²) in [6.45, 7) is -0.502. The van der Waals surface area contributed by atoms with Gasteiger partial charge in [-0.1, -0.05) is 0 Å². The Morgan fingerprint density at radius 2 is 1.85 bits per heavy atom. The summed E-state index contributed by atoms with van der Waals surface area (Å²) in [6, 6.07) is 4.67. The SMILES string of the molecule is COc1cc(CO)c(O)c(NNc2ccc(C(F)(F)F)cc2[N+](=O)[O-])c1.